The van der Waals surface area contributed by atoms with Crippen molar-refractivity contribution in [2.45, 2.75) is 37.7 Å². The van der Waals surface area contributed by atoms with Crippen molar-refractivity contribution in [3.8, 4) is 0 Å². The molecule has 0 spiro atoms. The molecule has 0 saturated carbocycles. The van der Waals surface area contributed by atoms with Gasteiger partial charge in [0, 0.05) is 6.54 Å². The molecule has 1 aromatic carbocycles. The molecule has 0 radical (unpaired) electrons. The number of carbonyl (C=O) groups is 1. The van der Waals surface area contributed by atoms with Gasteiger partial charge in [0.2, 0.25) is 5.91 Å². The van der Waals surface area contributed by atoms with E-state index < -0.39 is 11.0 Å². The molecule has 20 heavy (non-hydrogen) atoms. The summed E-state index contributed by atoms with van der Waals surface area (Å²) < 4.78 is 0. The standard InChI is InChI=1S/C16H23NO2S/c1-15(2,13-6-4-3-5-7-13)14(18)17-12-16(19)8-10-20-11-9-16/h3-7,19H,8-12H2,1-2H3,(H,17,18). The van der Waals surface area contributed by atoms with E-state index in [1.54, 1.807) is 0 Å². The summed E-state index contributed by atoms with van der Waals surface area (Å²) in [5.74, 6) is 1.90. The Labute approximate surface area is 125 Å². The first kappa shape index (κ1) is 15.4. The minimum absolute atomic E-state index is 0.0321. The maximum Gasteiger partial charge on any atom is 0.230 e. The van der Waals surface area contributed by atoms with Gasteiger partial charge in [0.05, 0.1) is 11.0 Å². The molecule has 1 aromatic rings. The van der Waals surface area contributed by atoms with Gasteiger partial charge < -0.3 is 10.4 Å². The monoisotopic (exact) mass is 293 g/mol. The van der Waals surface area contributed by atoms with Crippen molar-refractivity contribution in [2.24, 2.45) is 0 Å². The van der Waals surface area contributed by atoms with Gasteiger partial charge in [-0.05, 0) is 43.8 Å². The Kier molecular flexibility index (Phi) is 4.76. The van der Waals surface area contributed by atoms with Crippen LogP contribution >= 0.6 is 11.8 Å². The highest BCUT2D eigenvalue weighted by Crippen LogP contribution is 2.27. The minimum Gasteiger partial charge on any atom is -0.388 e. The lowest BCUT2D eigenvalue weighted by Gasteiger charge is -2.33. The van der Waals surface area contributed by atoms with Crippen molar-refractivity contribution in [3.05, 3.63) is 35.9 Å². The third-order valence-electron chi connectivity index (χ3n) is 4.06. The van der Waals surface area contributed by atoms with E-state index in [0.29, 0.717) is 6.54 Å². The first-order valence-corrected chi connectivity index (χ1v) is 8.23. The zero-order valence-corrected chi connectivity index (χ0v) is 13.0. The first-order valence-electron chi connectivity index (χ1n) is 7.08. The van der Waals surface area contributed by atoms with Crippen LogP contribution in [0.3, 0.4) is 0 Å². The van der Waals surface area contributed by atoms with Gasteiger partial charge >= 0.3 is 0 Å². The Morgan fingerprint density at radius 2 is 1.90 bits per heavy atom. The average Bonchev–Trinajstić information content (AvgIpc) is 2.46. The molecule has 1 amide bonds. The lowest BCUT2D eigenvalue weighted by atomic mass is 9.83. The number of rotatable bonds is 4. The average molecular weight is 293 g/mol. The number of carbonyl (C=O) groups excluding carboxylic acids is 1. The molecule has 2 rings (SSSR count). The van der Waals surface area contributed by atoms with Gasteiger partial charge in [0.25, 0.3) is 0 Å². The van der Waals surface area contributed by atoms with Crippen molar-refractivity contribution in [2.75, 3.05) is 18.1 Å². The van der Waals surface area contributed by atoms with Gasteiger partial charge in [-0.2, -0.15) is 11.8 Å². The number of hydrogen-bond acceptors (Lipinski definition) is 3. The second kappa shape index (κ2) is 6.19. The molecular formula is C16H23NO2S. The fourth-order valence-electron chi connectivity index (χ4n) is 2.38. The van der Waals surface area contributed by atoms with E-state index in [0.717, 1.165) is 29.9 Å². The fraction of sp³-hybridized carbons (Fsp3) is 0.562. The smallest absolute Gasteiger partial charge is 0.230 e. The first-order chi connectivity index (χ1) is 9.44. The molecule has 1 aliphatic rings. The molecule has 0 bridgehead atoms. The SMILES string of the molecule is CC(C)(C(=O)NCC1(O)CCSCC1)c1ccccc1. The van der Waals surface area contributed by atoms with Crippen LogP contribution in [0.4, 0.5) is 0 Å². The molecule has 0 unspecified atom stereocenters. The third-order valence-corrected chi connectivity index (χ3v) is 5.05. The lowest BCUT2D eigenvalue weighted by molar-refractivity contribution is -0.127. The van der Waals surface area contributed by atoms with Crippen LogP contribution < -0.4 is 5.32 Å². The van der Waals surface area contributed by atoms with Crippen LogP contribution in [0.2, 0.25) is 0 Å². The van der Waals surface area contributed by atoms with Crippen molar-refractivity contribution in [1.29, 1.82) is 0 Å². The van der Waals surface area contributed by atoms with Crippen molar-refractivity contribution in [1.82, 2.24) is 5.32 Å². The number of benzene rings is 1. The Bertz CT molecular complexity index is 453. The largest absolute Gasteiger partial charge is 0.388 e. The van der Waals surface area contributed by atoms with Gasteiger partial charge in [-0.3, -0.25) is 4.79 Å². The molecule has 1 aliphatic heterocycles. The molecule has 0 aromatic heterocycles. The Balaban J connectivity index is 1.97. The molecular weight excluding hydrogens is 270 g/mol. The molecule has 1 fully saturated rings. The zero-order valence-electron chi connectivity index (χ0n) is 12.2. The van der Waals surface area contributed by atoms with Crippen molar-refractivity contribution in [3.63, 3.8) is 0 Å². The molecule has 1 heterocycles. The van der Waals surface area contributed by atoms with E-state index >= 15 is 0 Å². The molecule has 0 aliphatic carbocycles. The number of hydrogen-bond donors (Lipinski definition) is 2. The van der Waals surface area contributed by atoms with Crippen LogP contribution in [0.15, 0.2) is 30.3 Å². The Morgan fingerprint density at radius 1 is 1.30 bits per heavy atom. The highest BCUT2D eigenvalue weighted by atomic mass is 32.2. The molecule has 4 heteroatoms. The van der Waals surface area contributed by atoms with E-state index in [1.165, 1.54) is 0 Å². The van der Waals surface area contributed by atoms with Crippen LogP contribution in [0.5, 0.6) is 0 Å². The summed E-state index contributed by atoms with van der Waals surface area (Å²) in [6.07, 6.45) is 1.51. The van der Waals surface area contributed by atoms with Crippen molar-refractivity contribution >= 4 is 17.7 Å². The normalized spacial score (nSPS) is 18.6. The topological polar surface area (TPSA) is 49.3 Å². The summed E-state index contributed by atoms with van der Waals surface area (Å²) >= 11 is 1.86. The second-order valence-corrected chi connectivity index (χ2v) is 7.24. The highest BCUT2D eigenvalue weighted by Gasteiger charge is 2.34. The van der Waals surface area contributed by atoms with Crippen LogP contribution in [0.1, 0.15) is 32.3 Å². The minimum atomic E-state index is -0.728. The molecule has 2 N–H and O–H groups in total. The fourth-order valence-corrected chi connectivity index (χ4v) is 3.63. The van der Waals surface area contributed by atoms with Gasteiger partial charge in [-0.1, -0.05) is 30.3 Å². The summed E-state index contributed by atoms with van der Waals surface area (Å²) in [7, 11) is 0. The van der Waals surface area contributed by atoms with E-state index in [9.17, 15) is 9.90 Å². The highest BCUT2D eigenvalue weighted by molar-refractivity contribution is 7.99. The quantitative estimate of drug-likeness (QED) is 0.896. The second-order valence-electron chi connectivity index (χ2n) is 6.01. The van der Waals surface area contributed by atoms with Gasteiger partial charge in [-0.25, -0.2) is 0 Å². The maximum atomic E-state index is 12.4. The summed E-state index contributed by atoms with van der Waals surface area (Å²) in [6, 6.07) is 9.75. The van der Waals surface area contributed by atoms with Crippen LogP contribution in [-0.2, 0) is 10.2 Å². The zero-order chi connectivity index (χ0) is 14.6. The summed E-state index contributed by atoms with van der Waals surface area (Å²) in [5, 5.41) is 13.4. The predicted molar refractivity (Wildman–Crippen MR) is 84.0 cm³/mol. The van der Waals surface area contributed by atoms with Gasteiger partial charge in [0.1, 0.15) is 0 Å². The number of amides is 1. The molecule has 1 saturated heterocycles. The van der Waals surface area contributed by atoms with Crippen LogP contribution in [0.25, 0.3) is 0 Å². The van der Waals surface area contributed by atoms with E-state index in [4.69, 9.17) is 0 Å². The number of aliphatic hydroxyl groups is 1. The third kappa shape index (κ3) is 3.55. The number of nitrogens with one attached hydrogen (secondary N) is 1. The number of thioether (sulfide) groups is 1. The lowest BCUT2D eigenvalue weighted by Crippen LogP contribution is -2.49. The molecule has 0 atom stereocenters. The molecule has 110 valence electrons. The van der Waals surface area contributed by atoms with Gasteiger partial charge in [-0.15, -0.1) is 0 Å². The summed E-state index contributed by atoms with van der Waals surface area (Å²) in [6.45, 7) is 4.18. The Morgan fingerprint density at radius 3 is 2.50 bits per heavy atom. The Hall–Kier alpha value is -1.00. The predicted octanol–water partition coefficient (Wildman–Crippen LogP) is 2.34. The van der Waals surface area contributed by atoms with E-state index in [1.807, 2.05) is 55.9 Å². The van der Waals surface area contributed by atoms with E-state index in [2.05, 4.69) is 5.32 Å². The van der Waals surface area contributed by atoms with Crippen LogP contribution in [-0.4, -0.2) is 34.7 Å². The maximum absolute atomic E-state index is 12.4. The summed E-state index contributed by atoms with van der Waals surface area (Å²) in [4.78, 5) is 12.4. The van der Waals surface area contributed by atoms with Crippen molar-refractivity contribution < 1.29 is 9.90 Å². The van der Waals surface area contributed by atoms with Gasteiger partial charge in [0.15, 0.2) is 0 Å². The van der Waals surface area contributed by atoms with E-state index in [-0.39, 0.29) is 5.91 Å². The summed E-state index contributed by atoms with van der Waals surface area (Å²) in [5.41, 5.74) is -0.321. The molecule has 3 nitrogen and oxygen atoms in total. The van der Waals surface area contributed by atoms with Crippen LogP contribution in [0, 0.1) is 0 Å².